The molecule has 2 aromatic heterocycles. The first-order chi connectivity index (χ1) is 12.6. The molecule has 2 amide bonds. The Morgan fingerprint density at radius 2 is 2.12 bits per heavy atom. The first-order valence-corrected chi connectivity index (χ1v) is 8.47. The molecule has 2 heterocycles. The third-order valence-corrected chi connectivity index (χ3v) is 4.01. The van der Waals surface area contributed by atoms with Gasteiger partial charge >= 0.3 is 6.03 Å². The van der Waals surface area contributed by atoms with Crippen LogP contribution in [0.4, 0.5) is 4.79 Å². The zero-order valence-corrected chi connectivity index (χ0v) is 14.8. The molecular formula is C20H22N5O+. The summed E-state index contributed by atoms with van der Waals surface area (Å²) in [6.45, 7) is 6.84. The zero-order chi connectivity index (χ0) is 18.4. The minimum atomic E-state index is -0.197. The summed E-state index contributed by atoms with van der Waals surface area (Å²) in [5, 5.41) is 2.89. The SMILES string of the molecule is C=[N+](CCc1cccc(-n2ccnc2)n1)C(=O)NCc1cccc(C)c1. The molecule has 0 unspecified atom stereocenters. The van der Waals surface area contributed by atoms with Gasteiger partial charge in [0.2, 0.25) is 0 Å². The van der Waals surface area contributed by atoms with Crippen LogP contribution in [-0.2, 0) is 13.0 Å². The van der Waals surface area contributed by atoms with Crippen molar-refractivity contribution in [1.29, 1.82) is 0 Å². The van der Waals surface area contributed by atoms with Crippen LogP contribution in [0.5, 0.6) is 0 Å². The van der Waals surface area contributed by atoms with Crippen molar-refractivity contribution < 1.29 is 9.37 Å². The third kappa shape index (κ3) is 4.63. The second-order valence-electron chi connectivity index (χ2n) is 6.12. The van der Waals surface area contributed by atoms with E-state index in [9.17, 15) is 4.79 Å². The second-order valence-corrected chi connectivity index (χ2v) is 6.12. The molecule has 6 nitrogen and oxygen atoms in total. The third-order valence-electron chi connectivity index (χ3n) is 4.01. The number of amides is 2. The second kappa shape index (κ2) is 8.20. The van der Waals surface area contributed by atoms with Crippen molar-refractivity contribution in [2.75, 3.05) is 6.54 Å². The van der Waals surface area contributed by atoms with E-state index in [4.69, 9.17) is 0 Å². The predicted octanol–water partition coefficient (Wildman–Crippen LogP) is 2.74. The van der Waals surface area contributed by atoms with E-state index in [1.54, 1.807) is 12.5 Å². The van der Waals surface area contributed by atoms with Gasteiger partial charge in [-0.2, -0.15) is 4.79 Å². The summed E-state index contributed by atoms with van der Waals surface area (Å²) in [5.74, 6) is 0.805. The summed E-state index contributed by atoms with van der Waals surface area (Å²) >= 11 is 0. The highest BCUT2D eigenvalue weighted by Gasteiger charge is 2.13. The molecule has 1 N–H and O–H groups in total. The molecule has 0 aliphatic carbocycles. The number of rotatable bonds is 6. The van der Waals surface area contributed by atoms with Crippen molar-refractivity contribution in [3.05, 3.63) is 78.0 Å². The standard InChI is InChI=1S/C20H21N5O/c1-16-5-3-6-17(13-16)14-22-20(26)24(2)11-9-18-7-4-8-19(23-18)25-12-10-21-15-25/h3-8,10,12-13,15H,2,9,11,14H2,1H3/p+1. The van der Waals surface area contributed by atoms with Crippen molar-refractivity contribution in [2.24, 2.45) is 0 Å². The highest BCUT2D eigenvalue weighted by molar-refractivity contribution is 5.66. The van der Waals surface area contributed by atoms with Crippen LogP contribution < -0.4 is 5.32 Å². The van der Waals surface area contributed by atoms with Gasteiger partial charge < -0.3 is 0 Å². The Hall–Kier alpha value is -3.28. The molecule has 0 saturated carbocycles. The maximum absolute atomic E-state index is 12.2. The van der Waals surface area contributed by atoms with E-state index < -0.39 is 0 Å². The minimum absolute atomic E-state index is 0.197. The average molecular weight is 348 g/mol. The van der Waals surface area contributed by atoms with Crippen LogP contribution in [-0.4, -0.2) is 38.4 Å². The molecule has 0 aliphatic heterocycles. The number of carbonyl (C=O) groups is 1. The van der Waals surface area contributed by atoms with Gasteiger partial charge in [0.05, 0.1) is 13.3 Å². The minimum Gasteiger partial charge on any atom is -0.291 e. The van der Waals surface area contributed by atoms with E-state index in [-0.39, 0.29) is 6.03 Å². The molecule has 132 valence electrons. The molecule has 26 heavy (non-hydrogen) atoms. The van der Waals surface area contributed by atoms with Crippen LogP contribution in [0.3, 0.4) is 0 Å². The highest BCUT2D eigenvalue weighted by Crippen LogP contribution is 2.06. The number of aryl methyl sites for hydroxylation is 1. The van der Waals surface area contributed by atoms with Crippen LogP contribution in [0.1, 0.15) is 16.8 Å². The quantitative estimate of drug-likeness (QED) is 0.550. The molecule has 0 spiro atoms. The number of aromatic nitrogens is 3. The van der Waals surface area contributed by atoms with Crippen LogP contribution in [0.25, 0.3) is 5.82 Å². The van der Waals surface area contributed by atoms with Gasteiger partial charge in [-0.1, -0.05) is 35.9 Å². The molecule has 0 saturated heterocycles. The normalized spacial score (nSPS) is 10.5. The maximum atomic E-state index is 12.2. The van der Waals surface area contributed by atoms with Gasteiger partial charge in [-0.3, -0.25) is 4.57 Å². The Bertz CT molecular complexity index is 902. The lowest BCUT2D eigenvalue weighted by atomic mass is 10.1. The molecule has 1 aromatic carbocycles. The lowest BCUT2D eigenvalue weighted by molar-refractivity contribution is -0.419. The molecule has 0 radical (unpaired) electrons. The maximum Gasteiger partial charge on any atom is 0.490 e. The Balaban J connectivity index is 1.52. The lowest BCUT2D eigenvalue weighted by Crippen LogP contribution is -2.33. The largest absolute Gasteiger partial charge is 0.490 e. The highest BCUT2D eigenvalue weighted by atomic mass is 16.2. The lowest BCUT2D eigenvalue weighted by Gasteiger charge is -2.06. The summed E-state index contributed by atoms with van der Waals surface area (Å²) in [4.78, 5) is 20.8. The van der Waals surface area contributed by atoms with Crippen molar-refractivity contribution >= 4 is 12.7 Å². The van der Waals surface area contributed by atoms with Crippen molar-refractivity contribution in [3.8, 4) is 5.82 Å². The number of hydrogen-bond acceptors (Lipinski definition) is 3. The molecular weight excluding hydrogens is 326 g/mol. The van der Waals surface area contributed by atoms with E-state index in [2.05, 4.69) is 28.1 Å². The fraction of sp³-hybridized carbons (Fsp3) is 0.200. The number of nitrogens with one attached hydrogen (secondary N) is 1. The number of carbonyl (C=O) groups excluding carboxylic acids is 1. The van der Waals surface area contributed by atoms with Crippen LogP contribution in [0.15, 0.2) is 61.2 Å². The predicted molar refractivity (Wildman–Crippen MR) is 101 cm³/mol. The summed E-state index contributed by atoms with van der Waals surface area (Å²) in [5.41, 5.74) is 3.14. The fourth-order valence-electron chi connectivity index (χ4n) is 2.61. The first-order valence-electron chi connectivity index (χ1n) is 8.47. The Labute approximate surface area is 152 Å². The molecule has 0 fully saturated rings. The number of hydrogen-bond donors (Lipinski definition) is 1. The van der Waals surface area contributed by atoms with E-state index in [0.29, 0.717) is 19.5 Å². The Morgan fingerprint density at radius 1 is 1.27 bits per heavy atom. The topological polar surface area (TPSA) is 62.8 Å². The number of nitrogens with zero attached hydrogens (tertiary/aromatic N) is 4. The number of imidazole rings is 1. The smallest absolute Gasteiger partial charge is 0.291 e. The Morgan fingerprint density at radius 3 is 2.88 bits per heavy atom. The van der Waals surface area contributed by atoms with Gasteiger partial charge in [0.15, 0.2) is 0 Å². The van der Waals surface area contributed by atoms with Gasteiger partial charge in [-0.05, 0) is 24.6 Å². The zero-order valence-electron chi connectivity index (χ0n) is 14.8. The monoisotopic (exact) mass is 348 g/mol. The van der Waals surface area contributed by atoms with E-state index >= 15 is 0 Å². The summed E-state index contributed by atoms with van der Waals surface area (Å²) in [6.07, 6.45) is 5.89. The van der Waals surface area contributed by atoms with E-state index in [1.165, 1.54) is 10.1 Å². The molecule has 3 rings (SSSR count). The summed E-state index contributed by atoms with van der Waals surface area (Å²) in [6, 6.07) is 13.7. The van der Waals surface area contributed by atoms with Crippen LogP contribution in [0, 0.1) is 6.92 Å². The number of pyridine rings is 1. The summed E-state index contributed by atoms with van der Waals surface area (Å²) < 4.78 is 3.28. The Kier molecular flexibility index (Phi) is 5.53. The molecule has 6 heteroatoms. The molecule has 0 atom stereocenters. The van der Waals surface area contributed by atoms with Crippen molar-refractivity contribution in [1.82, 2.24) is 19.9 Å². The fourth-order valence-corrected chi connectivity index (χ4v) is 2.61. The average Bonchev–Trinajstić information content (AvgIpc) is 3.19. The van der Waals surface area contributed by atoms with Gasteiger partial charge in [0.1, 0.15) is 18.7 Å². The van der Waals surface area contributed by atoms with Gasteiger partial charge in [0, 0.05) is 24.5 Å². The van der Waals surface area contributed by atoms with Crippen LogP contribution >= 0.6 is 0 Å². The van der Waals surface area contributed by atoms with Gasteiger partial charge in [-0.15, -0.1) is 0 Å². The number of urea groups is 1. The van der Waals surface area contributed by atoms with Gasteiger partial charge in [-0.25, -0.2) is 19.9 Å². The van der Waals surface area contributed by atoms with Crippen molar-refractivity contribution in [3.63, 3.8) is 0 Å². The van der Waals surface area contributed by atoms with E-state index in [0.717, 1.165) is 17.1 Å². The molecule has 3 aromatic rings. The number of benzene rings is 1. The summed E-state index contributed by atoms with van der Waals surface area (Å²) in [7, 11) is 0. The molecule has 0 aliphatic rings. The van der Waals surface area contributed by atoms with Crippen molar-refractivity contribution in [2.45, 2.75) is 19.9 Å². The first kappa shape index (κ1) is 17.5. The van der Waals surface area contributed by atoms with E-state index in [1.807, 2.05) is 54.1 Å². The van der Waals surface area contributed by atoms with Gasteiger partial charge in [0.25, 0.3) is 0 Å². The van der Waals surface area contributed by atoms with Crippen LogP contribution in [0.2, 0.25) is 0 Å². The molecule has 0 bridgehead atoms.